The summed E-state index contributed by atoms with van der Waals surface area (Å²) in [6.45, 7) is 6.51. The summed E-state index contributed by atoms with van der Waals surface area (Å²) in [5.74, 6) is -0.154. The number of nitrogens with zero attached hydrogens (tertiary/aromatic N) is 3. The first-order valence-electron chi connectivity index (χ1n) is 13.7. The minimum atomic E-state index is -0.677. The van der Waals surface area contributed by atoms with E-state index in [1.807, 2.05) is 57.2 Å². The molecule has 0 unspecified atom stereocenters. The number of hydrogen-bond donors (Lipinski definition) is 3. The van der Waals surface area contributed by atoms with Crippen LogP contribution in [0.1, 0.15) is 41.8 Å². The Morgan fingerprint density at radius 1 is 1.05 bits per heavy atom. The number of aromatic nitrogens is 3. The lowest BCUT2D eigenvalue weighted by atomic mass is 9.96. The topological polar surface area (TPSA) is 127 Å². The first kappa shape index (κ1) is 31.7. The Balaban J connectivity index is 1.66. The summed E-state index contributed by atoms with van der Waals surface area (Å²) in [5, 5.41) is 16.0. The second kappa shape index (κ2) is 12.9. The maximum Gasteiger partial charge on any atom is 0.330 e. The molecule has 2 heterocycles. The molecule has 0 aliphatic heterocycles. The summed E-state index contributed by atoms with van der Waals surface area (Å²) in [7, 11) is 4.38. The molecule has 0 fully saturated rings. The summed E-state index contributed by atoms with van der Waals surface area (Å²) in [6, 6.07) is 14.9. The second-order valence-electron chi connectivity index (χ2n) is 11.0. The van der Waals surface area contributed by atoms with Gasteiger partial charge in [-0.05, 0) is 50.5 Å². The van der Waals surface area contributed by atoms with E-state index in [1.165, 1.54) is 24.9 Å². The van der Waals surface area contributed by atoms with E-state index in [1.54, 1.807) is 19.2 Å². The van der Waals surface area contributed by atoms with E-state index in [9.17, 15) is 19.5 Å². The molecule has 0 radical (unpaired) electrons. The highest BCUT2D eigenvalue weighted by Crippen LogP contribution is 2.39. The smallest absolute Gasteiger partial charge is 0.330 e. The molecule has 4 aromatic rings. The zero-order valence-electron chi connectivity index (χ0n) is 25.1. The molecular formula is C32H36ClN5O5. The third-order valence-corrected chi connectivity index (χ3v) is 7.87. The standard InChI is InChI=1S/C32H36ClN5O5/c1-19-21(9-8-12-25(19)35-28(40)24-18-37(4)31(42)38(5)30(24)41)22-10-7-11-23(27(22)33)26-14-13-20(29(36-26)43-6)17-34-32(2,3)15-16-39/h7-14,18,34,39H,15-17H2,1-6H3,(H,35,40). The largest absolute Gasteiger partial charge is 0.481 e. The van der Waals surface area contributed by atoms with Crippen molar-refractivity contribution in [2.75, 3.05) is 19.0 Å². The fraction of sp³-hybridized carbons (Fsp3) is 0.312. The first-order valence-corrected chi connectivity index (χ1v) is 14.1. The highest BCUT2D eigenvalue weighted by Gasteiger charge is 2.20. The maximum absolute atomic E-state index is 13.1. The summed E-state index contributed by atoms with van der Waals surface area (Å²) < 4.78 is 7.68. The van der Waals surface area contributed by atoms with Crippen LogP contribution in [0.2, 0.25) is 5.02 Å². The fourth-order valence-corrected chi connectivity index (χ4v) is 5.11. The van der Waals surface area contributed by atoms with Gasteiger partial charge in [0.15, 0.2) is 0 Å². The lowest BCUT2D eigenvalue weighted by Crippen LogP contribution is -2.40. The maximum atomic E-state index is 13.1. The molecule has 2 aromatic heterocycles. The van der Waals surface area contributed by atoms with Gasteiger partial charge in [0.1, 0.15) is 5.56 Å². The summed E-state index contributed by atoms with van der Waals surface area (Å²) in [4.78, 5) is 42.4. The average Bonchev–Trinajstić information content (AvgIpc) is 2.98. The van der Waals surface area contributed by atoms with Crippen molar-refractivity contribution < 1.29 is 14.6 Å². The van der Waals surface area contributed by atoms with Crippen LogP contribution in [-0.2, 0) is 20.6 Å². The predicted molar refractivity (Wildman–Crippen MR) is 169 cm³/mol. The average molecular weight is 606 g/mol. The van der Waals surface area contributed by atoms with Crippen molar-refractivity contribution in [1.29, 1.82) is 0 Å². The normalized spacial score (nSPS) is 11.4. The van der Waals surface area contributed by atoms with Crippen LogP contribution >= 0.6 is 11.6 Å². The van der Waals surface area contributed by atoms with E-state index >= 15 is 0 Å². The van der Waals surface area contributed by atoms with Crippen molar-refractivity contribution in [3.63, 3.8) is 0 Å². The number of aliphatic hydroxyl groups excluding tert-OH is 1. The minimum absolute atomic E-state index is 0.0903. The highest BCUT2D eigenvalue weighted by atomic mass is 35.5. The van der Waals surface area contributed by atoms with E-state index in [-0.39, 0.29) is 17.7 Å². The number of carbonyl (C=O) groups excluding carboxylic acids is 1. The Bertz CT molecular complexity index is 1790. The molecule has 0 bridgehead atoms. The Hall–Kier alpha value is -4.25. The van der Waals surface area contributed by atoms with Gasteiger partial charge in [0, 0.05) is 61.4 Å². The number of carbonyl (C=O) groups is 1. The molecule has 10 nitrogen and oxygen atoms in total. The number of methoxy groups -OCH3 is 1. The van der Waals surface area contributed by atoms with E-state index < -0.39 is 17.2 Å². The third kappa shape index (κ3) is 6.72. The molecule has 0 aliphatic carbocycles. The molecule has 11 heteroatoms. The van der Waals surface area contributed by atoms with Gasteiger partial charge in [0.05, 0.1) is 17.8 Å². The van der Waals surface area contributed by atoms with Crippen molar-refractivity contribution in [3.8, 4) is 28.3 Å². The van der Waals surface area contributed by atoms with Gasteiger partial charge in [-0.15, -0.1) is 0 Å². The molecule has 226 valence electrons. The number of nitrogens with one attached hydrogen (secondary N) is 2. The van der Waals surface area contributed by atoms with Gasteiger partial charge in [-0.1, -0.05) is 48.0 Å². The van der Waals surface area contributed by atoms with Crippen molar-refractivity contribution in [3.05, 3.63) is 97.3 Å². The van der Waals surface area contributed by atoms with Gasteiger partial charge in [-0.2, -0.15) is 0 Å². The van der Waals surface area contributed by atoms with Gasteiger partial charge in [0.25, 0.3) is 11.5 Å². The molecule has 0 saturated carbocycles. The Morgan fingerprint density at radius 2 is 1.72 bits per heavy atom. The Labute approximate surface area is 254 Å². The molecule has 3 N–H and O–H groups in total. The first-order chi connectivity index (χ1) is 20.4. The number of anilines is 1. The number of pyridine rings is 1. The fourth-order valence-electron chi connectivity index (χ4n) is 4.79. The van der Waals surface area contributed by atoms with Gasteiger partial charge < -0.3 is 25.0 Å². The monoisotopic (exact) mass is 605 g/mol. The lowest BCUT2D eigenvalue weighted by molar-refractivity contribution is 0.102. The quantitative estimate of drug-likeness (QED) is 0.246. The molecule has 1 amide bonds. The molecule has 0 aliphatic rings. The molecule has 0 atom stereocenters. The number of ether oxygens (including phenoxy) is 1. The molecule has 0 spiro atoms. The van der Waals surface area contributed by atoms with E-state index in [4.69, 9.17) is 21.3 Å². The summed E-state index contributed by atoms with van der Waals surface area (Å²) in [6.07, 6.45) is 1.84. The molecular weight excluding hydrogens is 570 g/mol. The number of aryl methyl sites for hydroxylation is 1. The number of halogens is 1. The molecule has 43 heavy (non-hydrogen) atoms. The van der Waals surface area contributed by atoms with Gasteiger partial charge in [0.2, 0.25) is 5.88 Å². The van der Waals surface area contributed by atoms with Crippen LogP contribution < -0.4 is 26.6 Å². The third-order valence-electron chi connectivity index (χ3n) is 7.46. The van der Waals surface area contributed by atoms with Crippen molar-refractivity contribution in [2.45, 2.75) is 39.3 Å². The van der Waals surface area contributed by atoms with Gasteiger partial charge in [-0.25, -0.2) is 9.78 Å². The Kier molecular flexibility index (Phi) is 9.54. The summed E-state index contributed by atoms with van der Waals surface area (Å²) >= 11 is 6.98. The second-order valence-corrected chi connectivity index (χ2v) is 11.4. The highest BCUT2D eigenvalue weighted by molar-refractivity contribution is 6.36. The van der Waals surface area contributed by atoms with Crippen LogP contribution in [0.3, 0.4) is 0 Å². The van der Waals surface area contributed by atoms with Crippen LogP contribution in [0.4, 0.5) is 5.69 Å². The van der Waals surface area contributed by atoms with Crippen molar-refractivity contribution >= 4 is 23.2 Å². The van der Waals surface area contributed by atoms with Gasteiger partial charge >= 0.3 is 5.69 Å². The Morgan fingerprint density at radius 3 is 2.42 bits per heavy atom. The van der Waals surface area contributed by atoms with Crippen LogP contribution in [0.15, 0.2) is 64.3 Å². The van der Waals surface area contributed by atoms with Crippen molar-refractivity contribution in [2.24, 2.45) is 14.1 Å². The molecule has 0 saturated heterocycles. The van der Waals surface area contributed by atoms with E-state index in [2.05, 4.69) is 10.6 Å². The molecule has 4 rings (SSSR count). The van der Waals surface area contributed by atoms with E-state index in [0.29, 0.717) is 40.8 Å². The van der Waals surface area contributed by atoms with E-state index in [0.717, 1.165) is 26.8 Å². The van der Waals surface area contributed by atoms with Crippen LogP contribution in [0, 0.1) is 6.92 Å². The number of benzene rings is 2. The number of aliphatic hydroxyl groups is 1. The summed E-state index contributed by atoms with van der Waals surface area (Å²) in [5.41, 5.74) is 3.39. The zero-order chi connectivity index (χ0) is 31.5. The number of amides is 1. The van der Waals surface area contributed by atoms with Crippen LogP contribution in [0.5, 0.6) is 5.88 Å². The molecule has 2 aromatic carbocycles. The number of hydrogen-bond acceptors (Lipinski definition) is 7. The SMILES string of the molecule is COc1nc(-c2cccc(-c3cccc(NC(=O)c4cn(C)c(=O)n(C)c4=O)c3C)c2Cl)ccc1CNC(C)(C)CCO. The van der Waals surface area contributed by atoms with Crippen molar-refractivity contribution in [1.82, 2.24) is 19.4 Å². The minimum Gasteiger partial charge on any atom is -0.481 e. The van der Waals surface area contributed by atoms with Gasteiger partial charge in [-0.3, -0.25) is 14.2 Å². The number of rotatable bonds is 10. The van der Waals surface area contributed by atoms with Crippen LogP contribution in [-0.4, -0.2) is 44.4 Å². The predicted octanol–water partition coefficient (Wildman–Crippen LogP) is 4.29. The zero-order valence-corrected chi connectivity index (χ0v) is 25.9. The van der Waals surface area contributed by atoms with Crippen LogP contribution in [0.25, 0.3) is 22.4 Å². The lowest BCUT2D eigenvalue weighted by Gasteiger charge is -2.26.